The highest BCUT2D eigenvalue weighted by atomic mass is 16.5. The van der Waals surface area contributed by atoms with Gasteiger partial charge in [-0.25, -0.2) is 4.79 Å². The quantitative estimate of drug-likeness (QED) is 0.896. The van der Waals surface area contributed by atoms with E-state index in [1.54, 1.807) is 12.1 Å². The number of benzene rings is 1. The lowest BCUT2D eigenvalue weighted by molar-refractivity contribution is -0.114. The molecule has 2 amide bonds. The molecule has 0 heterocycles. The molecule has 0 saturated heterocycles. The molecule has 0 bridgehead atoms. The first-order valence-corrected chi connectivity index (χ1v) is 5.74. The minimum atomic E-state index is -0.416. The fourth-order valence-corrected chi connectivity index (χ4v) is 1.75. The normalized spacial score (nSPS) is 9.78. The van der Waals surface area contributed by atoms with Gasteiger partial charge in [0.25, 0.3) is 0 Å². The number of hydrogen-bond acceptors (Lipinski definition) is 3. The Labute approximate surface area is 107 Å². The number of ether oxygens (including phenoxy) is 1. The number of anilines is 2. The maximum Gasteiger partial charge on any atom is 0.413 e. The van der Waals surface area contributed by atoms with Crippen LogP contribution in [0.25, 0.3) is 0 Å². The third-order valence-electron chi connectivity index (χ3n) is 2.62. The van der Waals surface area contributed by atoms with Gasteiger partial charge in [-0.05, 0) is 31.5 Å². The fourth-order valence-electron chi connectivity index (χ4n) is 1.75. The van der Waals surface area contributed by atoms with E-state index in [0.29, 0.717) is 12.2 Å². The van der Waals surface area contributed by atoms with E-state index < -0.39 is 6.09 Å². The predicted molar refractivity (Wildman–Crippen MR) is 70.9 cm³/mol. The second-order valence-electron chi connectivity index (χ2n) is 3.85. The number of hydrogen-bond donors (Lipinski definition) is 1. The Morgan fingerprint density at radius 1 is 1.39 bits per heavy atom. The summed E-state index contributed by atoms with van der Waals surface area (Å²) in [5, 5.41) is 2.73. The minimum absolute atomic E-state index is 0.142. The molecule has 0 spiro atoms. The molecule has 0 aliphatic heterocycles. The second kappa shape index (κ2) is 6.05. The van der Waals surface area contributed by atoms with Crippen molar-refractivity contribution in [2.75, 3.05) is 23.9 Å². The fraction of sp³-hybridized carbons (Fsp3) is 0.385. The Hall–Kier alpha value is -2.04. The van der Waals surface area contributed by atoms with Gasteiger partial charge in [0.2, 0.25) is 5.91 Å². The molecule has 0 atom stereocenters. The molecule has 1 aromatic carbocycles. The van der Waals surface area contributed by atoms with Crippen LogP contribution in [0, 0.1) is 6.92 Å². The van der Waals surface area contributed by atoms with Crippen LogP contribution in [-0.4, -0.2) is 25.7 Å². The summed E-state index contributed by atoms with van der Waals surface area (Å²) in [5.41, 5.74) is 2.26. The van der Waals surface area contributed by atoms with E-state index in [0.717, 1.165) is 11.3 Å². The number of nitrogens with zero attached hydrogens (tertiary/aromatic N) is 1. The number of carbonyl (C=O) groups is 2. The Bertz CT molecular complexity index is 458. The number of amides is 2. The molecule has 0 aliphatic rings. The number of nitrogens with one attached hydrogen (secondary N) is 1. The van der Waals surface area contributed by atoms with Crippen LogP contribution >= 0.6 is 0 Å². The summed E-state index contributed by atoms with van der Waals surface area (Å²) in [5.74, 6) is -0.142. The third kappa shape index (κ3) is 3.00. The molecule has 0 aromatic heterocycles. The van der Waals surface area contributed by atoms with E-state index in [9.17, 15) is 9.59 Å². The summed E-state index contributed by atoms with van der Waals surface area (Å²) in [7, 11) is 1.35. The second-order valence-corrected chi connectivity index (χ2v) is 3.85. The van der Waals surface area contributed by atoms with Gasteiger partial charge in [-0.3, -0.25) is 9.69 Å². The maximum absolute atomic E-state index is 11.6. The SMILES string of the molecule is CCN(C(=O)OC)c1cccc(NC(C)=O)c1C. The standard InChI is InChI=1S/C13H18N2O3/c1-5-15(13(17)18-4)12-8-6-7-11(9(12)2)14-10(3)16/h6-8H,5H2,1-4H3,(H,14,16). The molecule has 1 N–H and O–H groups in total. The molecule has 18 heavy (non-hydrogen) atoms. The van der Waals surface area contributed by atoms with Gasteiger partial charge in [-0.1, -0.05) is 6.07 Å². The molecule has 0 aliphatic carbocycles. The number of carbonyl (C=O) groups excluding carboxylic acids is 2. The molecule has 0 unspecified atom stereocenters. The molecule has 98 valence electrons. The predicted octanol–water partition coefficient (Wildman–Crippen LogP) is 2.55. The van der Waals surface area contributed by atoms with Crippen molar-refractivity contribution in [2.24, 2.45) is 0 Å². The first-order chi connectivity index (χ1) is 8.51. The van der Waals surface area contributed by atoms with Crippen LogP contribution in [0.3, 0.4) is 0 Å². The van der Waals surface area contributed by atoms with Gasteiger partial charge in [0.1, 0.15) is 0 Å². The maximum atomic E-state index is 11.6. The van der Waals surface area contributed by atoms with Crippen LogP contribution < -0.4 is 10.2 Å². The molecule has 1 rings (SSSR count). The van der Waals surface area contributed by atoms with E-state index in [2.05, 4.69) is 5.32 Å². The van der Waals surface area contributed by atoms with Crippen molar-refractivity contribution in [1.82, 2.24) is 0 Å². The summed E-state index contributed by atoms with van der Waals surface area (Å²) in [6.45, 7) is 5.66. The van der Waals surface area contributed by atoms with E-state index in [-0.39, 0.29) is 5.91 Å². The molecule has 1 aromatic rings. The smallest absolute Gasteiger partial charge is 0.413 e. The monoisotopic (exact) mass is 250 g/mol. The van der Waals surface area contributed by atoms with Crippen molar-refractivity contribution >= 4 is 23.4 Å². The van der Waals surface area contributed by atoms with Crippen molar-refractivity contribution in [3.63, 3.8) is 0 Å². The highest BCUT2D eigenvalue weighted by Gasteiger charge is 2.17. The van der Waals surface area contributed by atoms with Crippen molar-refractivity contribution in [1.29, 1.82) is 0 Å². The van der Waals surface area contributed by atoms with Crippen LogP contribution in [0.2, 0.25) is 0 Å². The summed E-state index contributed by atoms with van der Waals surface area (Å²) in [4.78, 5) is 24.2. The average Bonchev–Trinajstić information content (AvgIpc) is 2.33. The molecule has 5 heteroatoms. The van der Waals surface area contributed by atoms with Gasteiger partial charge < -0.3 is 10.1 Å². The number of methoxy groups -OCH3 is 1. The Morgan fingerprint density at radius 2 is 2.06 bits per heavy atom. The van der Waals surface area contributed by atoms with Crippen LogP contribution in [0.15, 0.2) is 18.2 Å². The number of rotatable bonds is 3. The first kappa shape index (κ1) is 14.0. The Balaban J connectivity index is 3.16. The topological polar surface area (TPSA) is 58.6 Å². The van der Waals surface area contributed by atoms with Gasteiger partial charge in [-0.2, -0.15) is 0 Å². The van der Waals surface area contributed by atoms with E-state index in [4.69, 9.17) is 4.74 Å². The zero-order valence-corrected chi connectivity index (χ0v) is 11.1. The lowest BCUT2D eigenvalue weighted by atomic mass is 10.1. The highest BCUT2D eigenvalue weighted by Crippen LogP contribution is 2.27. The molecule has 0 saturated carbocycles. The van der Waals surface area contributed by atoms with Crippen molar-refractivity contribution in [2.45, 2.75) is 20.8 Å². The zero-order chi connectivity index (χ0) is 13.7. The first-order valence-electron chi connectivity index (χ1n) is 5.74. The molecule has 0 fully saturated rings. The Morgan fingerprint density at radius 3 is 2.56 bits per heavy atom. The van der Waals surface area contributed by atoms with Crippen LogP contribution in [0.5, 0.6) is 0 Å². The van der Waals surface area contributed by atoms with Crippen LogP contribution in [0.1, 0.15) is 19.4 Å². The van der Waals surface area contributed by atoms with Gasteiger partial charge >= 0.3 is 6.09 Å². The Kier molecular flexibility index (Phi) is 4.71. The largest absolute Gasteiger partial charge is 0.452 e. The summed E-state index contributed by atoms with van der Waals surface area (Å²) in [6, 6.07) is 5.41. The molecule has 0 radical (unpaired) electrons. The summed E-state index contributed by atoms with van der Waals surface area (Å²) in [6.07, 6.45) is -0.416. The van der Waals surface area contributed by atoms with Crippen molar-refractivity contribution < 1.29 is 14.3 Å². The highest BCUT2D eigenvalue weighted by molar-refractivity contribution is 5.93. The van der Waals surface area contributed by atoms with E-state index >= 15 is 0 Å². The van der Waals surface area contributed by atoms with E-state index in [1.165, 1.54) is 18.9 Å². The van der Waals surface area contributed by atoms with Gasteiger partial charge in [0, 0.05) is 19.2 Å². The van der Waals surface area contributed by atoms with Crippen molar-refractivity contribution in [3.05, 3.63) is 23.8 Å². The van der Waals surface area contributed by atoms with Gasteiger partial charge in [-0.15, -0.1) is 0 Å². The average molecular weight is 250 g/mol. The van der Waals surface area contributed by atoms with Gasteiger partial charge in [0.15, 0.2) is 0 Å². The molecule has 5 nitrogen and oxygen atoms in total. The summed E-state index contributed by atoms with van der Waals surface area (Å²) >= 11 is 0. The van der Waals surface area contributed by atoms with Gasteiger partial charge in [0.05, 0.1) is 12.8 Å². The molecular formula is C13H18N2O3. The third-order valence-corrected chi connectivity index (χ3v) is 2.62. The van der Waals surface area contributed by atoms with E-state index in [1.807, 2.05) is 19.9 Å². The summed E-state index contributed by atoms with van der Waals surface area (Å²) < 4.78 is 4.73. The lowest BCUT2D eigenvalue weighted by Crippen LogP contribution is -2.31. The van der Waals surface area contributed by atoms with Crippen LogP contribution in [-0.2, 0) is 9.53 Å². The minimum Gasteiger partial charge on any atom is -0.452 e. The zero-order valence-electron chi connectivity index (χ0n) is 11.1. The van der Waals surface area contributed by atoms with Crippen molar-refractivity contribution in [3.8, 4) is 0 Å². The molecular weight excluding hydrogens is 232 g/mol. The lowest BCUT2D eigenvalue weighted by Gasteiger charge is -2.22. The van der Waals surface area contributed by atoms with Crippen LogP contribution in [0.4, 0.5) is 16.2 Å².